The zero-order valence-electron chi connectivity index (χ0n) is 12.5. The lowest BCUT2D eigenvalue weighted by Gasteiger charge is -2.15. The largest absolute Gasteiger partial charge is 0.276 e. The lowest BCUT2D eigenvalue weighted by molar-refractivity contribution is 0.501. The Hall–Kier alpha value is -0.790. The SMILES string of the molecule is CCCCCCC(CCCCC)c1cnn(C)c1. The normalized spacial score (nSPS) is 12.8. The fourth-order valence-corrected chi connectivity index (χ4v) is 2.59. The summed E-state index contributed by atoms with van der Waals surface area (Å²) in [6, 6.07) is 0. The molecular formula is C16H30N2. The summed E-state index contributed by atoms with van der Waals surface area (Å²) in [5.41, 5.74) is 1.45. The van der Waals surface area contributed by atoms with Crippen LogP contribution in [0.2, 0.25) is 0 Å². The van der Waals surface area contributed by atoms with Crippen molar-refractivity contribution in [2.75, 3.05) is 0 Å². The molecule has 1 unspecified atom stereocenters. The third-order valence-electron chi connectivity index (χ3n) is 3.76. The van der Waals surface area contributed by atoms with Crippen molar-refractivity contribution in [3.8, 4) is 0 Å². The Balaban J connectivity index is 2.41. The standard InChI is InChI=1S/C16H30N2/c1-4-6-8-10-12-15(11-9-7-5-2)16-13-17-18(3)14-16/h13-15H,4-12H2,1-3H3. The molecule has 0 fully saturated rings. The summed E-state index contributed by atoms with van der Waals surface area (Å²) < 4.78 is 1.94. The maximum atomic E-state index is 4.33. The van der Waals surface area contributed by atoms with Gasteiger partial charge in [0.1, 0.15) is 0 Å². The predicted molar refractivity (Wildman–Crippen MR) is 78.9 cm³/mol. The van der Waals surface area contributed by atoms with Crippen molar-refractivity contribution in [3.05, 3.63) is 18.0 Å². The molecule has 0 N–H and O–H groups in total. The molecule has 18 heavy (non-hydrogen) atoms. The number of rotatable bonds is 10. The number of aromatic nitrogens is 2. The first-order chi connectivity index (χ1) is 8.77. The summed E-state index contributed by atoms with van der Waals surface area (Å²) in [5, 5.41) is 4.33. The van der Waals surface area contributed by atoms with Gasteiger partial charge < -0.3 is 0 Å². The summed E-state index contributed by atoms with van der Waals surface area (Å²) in [7, 11) is 2.02. The third-order valence-corrected chi connectivity index (χ3v) is 3.76. The molecule has 1 heterocycles. The minimum atomic E-state index is 0.738. The van der Waals surface area contributed by atoms with Gasteiger partial charge in [0.2, 0.25) is 0 Å². The van der Waals surface area contributed by atoms with E-state index in [2.05, 4.69) is 31.3 Å². The maximum absolute atomic E-state index is 4.33. The molecule has 1 rings (SSSR count). The van der Waals surface area contributed by atoms with E-state index in [1.165, 1.54) is 63.4 Å². The van der Waals surface area contributed by atoms with E-state index in [4.69, 9.17) is 0 Å². The Bertz CT molecular complexity index is 304. The van der Waals surface area contributed by atoms with Gasteiger partial charge in [-0.1, -0.05) is 58.8 Å². The van der Waals surface area contributed by atoms with E-state index in [-0.39, 0.29) is 0 Å². The van der Waals surface area contributed by atoms with E-state index in [0.29, 0.717) is 0 Å². The van der Waals surface area contributed by atoms with Crippen LogP contribution in [0.15, 0.2) is 12.4 Å². The van der Waals surface area contributed by atoms with Crippen LogP contribution >= 0.6 is 0 Å². The average Bonchev–Trinajstić information content (AvgIpc) is 2.79. The quantitative estimate of drug-likeness (QED) is 0.531. The van der Waals surface area contributed by atoms with Gasteiger partial charge in [-0.2, -0.15) is 5.10 Å². The second kappa shape index (κ2) is 9.18. The fourth-order valence-electron chi connectivity index (χ4n) is 2.59. The van der Waals surface area contributed by atoms with Crippen molar-refractivity contribution in [2.24, 2.45) is 7.05 Å². The molecule has 2 nitrogen and oxygen atoms in total. The van der Waals surface area contributed by atoms with Gasteiger partial charge in [0.15, 0.2) is 0 Å². The summed E-state index contributed by atoms with van der Waals surface area (Å²) in [6.07, 6.45) is 16.5. The third kappa shape index (κ3) is 5.70. The first-order valence-electron chi connectivity index (χ1n) is 7.76. The molecule has 0 saturated carbocycles. The number of aryl methyl sites for hydroxylation is 1. The van der Waals surface area contributed by atoms with Crippen LogP contribution < -0.4 is 0 Å². The zero-order valence-corrected chi connectivity index (χ0v) is 12.5. The lowest BCUT2D eigenvalue weighted by Crippen LogP contribution is -1.99. The van der Waals surface area contributed by atoms with Crippen LogP contribution in [-0.2, 0) is 7.05 Å². The number of hydrogen-bond donors (Lipinski definition) is 0. The molecule has 2 heteroatoms. The molecule has 0 aliphatic carbocycles. The van der Waals surface area contributed by atoms with E-state index in [0.717, 1.165) is 5.92 Å². The Labute approximate surface area is 113 Å². The first kappa shape index (κ1) is 15.3. The van der Waals surface area contributed by atoms with Gasteiger partial charge in [0.25, 0.3) is 0 Å². The van der Waals surface area contributed by atoms with E-state index in [1.807, 2.05) is 11.7 Å². The minimum absolute atomic E-state index is 0.738. The van der Waals surface area contributed by atoms with Crippen molar-refractivity contribution in [1.29, 1.82) is 0 Å². The van der Waals surface area contributed by atoms with Gasteiger partial charge in [0, 0.05) is 13.2 Å². The topological polar surface area (TPSA) is 17.8 Å². The van der Waals surface area contributed by atoms with Gasteiger partial charge in [-0.3, -0.25) is 4.68 Å². The van der Waals surface area contributed by atoms with Gasteiger partial charge in [-0.15, -0.1) is 0 Å². The molecule has 0 saturated heterocycles. The van der Waals surface area contributed by atoms with Crippen LogP contribution in [0, 0.1) is 0 Å². The highest BCUT2D eigenvalue weighted by atomic mass is 15.2. The molecule has 0 amide bonds. The van der Waals surface area contributed by atoms with Crippen LogP contribution in [-0.4, -0.2) is 9.78 Å². The van der Waals surface area contributed by atoms with E-state index < -0.39 is 0 Å². The summed E-state index contributed by atoms with van der Waals surface area (Å²) in [4.78, 5) is 0. The summed E-state index contributed by atoms with van der Waals surface area (Å²) >= 11 is 0. The molecule has 0 radical (unpaired) electrons. The van der Waals surface area contributed by atoms with Crippen molar-refractivity contribution in [2.45, 2.75) is 77.6 Å². The van der Waals surface area contributed by atoms with Crippen molar-refractivity contribution >= 4 is 0 Å². The highest BCUT2D eigenvalue weighted by Gasteiger charge is 2.12. The molecule has 104 valence electrons. The smallest absolute Gasteiger partial charge is 0.0524 e. The zero-order chi connectivity index (χ0) is 13.2. The second-order valence-corrected chi connectivity index (χ2v) is 5.49. The van der Waals surface area contributed by atoms with Crippen LogP contribution in [0.3, 0.4) is 0 Å². The van der Waals surface area contributed by atoms with Crippen LogP contribution in [0.25, 0.3) is 0 Å². The number of hydrogen-bond acceptors (Lipinski definition) is 1. The molecule has 0 bridgehead atoms. The highest BCUT2D eigenvalue weighted by Crippen LogP contribution is 2.27. The van der Waals surface area contributed by atoms with E-state index in [1.54, 1.807) is 0 Å². The van der Waals surface area contributed by atoms with Crippen molar-refractivity contribution in [1.82, 2.24) is 9.78 Å². The van der Waals surface area contributed by atoms with Gasteiger partial charge in [-0.05, 0) is 24.3 Å². The lowest BCUT2D eigenvalue weighted by atomic mass is 9.90. The highest BCUT2D eigenvalue weighted by molar-refractivity contribution is 5.10. The molecular weight excluding hydrogens is 220 g/mol. The predicted octanol–water partition coefficient (Wildman–Crippen LogP) is 5.05. The first-order valence-corrected chi connectivity index (χ1v) is 7.76. The number of unbranched alkanes of at least 4 members (excludes halogenated alkanes) is 5. The molecule has 0 aliphatic heterocycles. The fraction of sp³-hybridized carbons (Fsp3) is 0.812. The van der Waals surface area contributed by atoms with Crippen molar-refractivity contribution < 1.29 is 0 Å². The molecule has 0 aliphatic rings. The second-order valence-electron chi connectivity index (χ2n) is 5.49. The van der Waals surface area contributed by atoms with Crippen LogP contribution in [0.5, 0.6) is 0 Å². The molecule has 0 spiro atoms. The Kier molecular flexibility index (Phi) is 7.79. The van der Waals surface area contributed by atoms with Crippen LogP contribution in [0.4, 0.5) is 0 Å². The van der Waals surface area contributed by atoms with Gasteiger partial charge in [-0.25, -0.2) is 0 Å². The van der Waals surface area contributed by atoms with E-state index >= 15 is 0 Å². The molecule has 1 aromatic heterocycles. The van der Waals surface area contributed by atoms with Gasteiger partial charge in [0.05, 0.1) is 6.20 Å². The molecule has 1 aromatic rings. The summed E-state index contributed by atoms with van der Waals surface area (Å²) in [6.45, 7) is 4.56. The molecule has 0 aromatic carbocycles. The average molecular weight is 250 g/mol. The Morgan fingerprint density at radius 2 is 1.61 bits per heavy atom. The Morgan fingerprint density at radius 3 is 2.17 bits per heavy atom. The van der Waals surface area contributed by atoms with Crippen LogP contribution in [0.1, 0.15) is 83.1 Å². The summed E-state index contributed by atoms with van der Waals surface area (Å²) in [5.74, 6) is 0.738. The van der Waals surface area contributed by atoms with Crippen molar-refractivity contribution in [3.63, 3.8) is 0 Å². The number of nitrogens with zero attached hydrogens (tertiary/aromatic N) is 2. The minimum Gasteiger partial charge on any atom is -0.276 e. The molecule has 1 atom stereocenters. The maximum Gasteiger partial charge on any atom is 0.0524 e. The monoisotopic (exact) mass is 250 g/mol. The Morgan fingerprint density at radius 1 is 1.00 bits per heavy atom. The van der Waals surface area contributed by atoms with Gasteiger partial charge >= 0.3 is 0 Å². The van der Waals surface area contributed by atoms with E-state index in [9.17, 15) is 0 Å².